The Hall–Kier alpha value is -2.83. The lowest BCUT2D eigenvalue weighted by Gasteiger charge is -2.42. The van der Waals surface area contributed by atoms with Gasteiger partial charge in [-0.25, -0.2) is 4.98 Å². The number of likely N-dealkylation sites (tertiary alicyclic amines) is 1. The fourth-order valence-electron chi connectivity index (χ4n) is 4.14. The molecule has 1 aromatic carbocycles. The standard InChI is InChI=1S/C21H26N4O3/c1-15(12-24-11-9-22-16(24)2)20(27)25-10-5-8-21(14-25)13-23-19(26)17-6-3-4-7-18(17)28-21/h3-4,6-7,9,11,15H,5,8,10,12-14H2,1-2H3,(H,23,26). The summed E-state index contributed by atoms with van der Waals surface area (Å²) in [6.45, 7) is 6.09. The Labute approximate surface area is 164 Å². The summed E-state index contributed by atoms with van der Waals surface area (Å²) < 4.78 is 8.35. The summed E-state index contributed by atoms with van der Waals surface area (Å²) in [4.78, 5) is 31.6. The summed E-state index contributed by atoms with van der Waals surface area (Å²) in [5.74, 6) is 1.32. The van der Waals surface area contributed by atoms with Crippen LogP contribution in [-0.2, 0) is 11.3 Å². The molecule has 0 saturated carbocycles. The number of rotatable bonds is 3. The molecule has 148 valence electrons. The molecule has 1 aromatic heterocycles. The van der Waals surface area contributed by atoms with Gasteiger partial charge in [0.2, 0.25) is 5.91 Å². The van der Waals surface area contributed by atoms with E-state index in [0.717, 1.165) is 18.7 Å². The zero-order valence-corrected chi connectivity index (χ0v) is 16.4. The maximum Gasteiger partial charge on any atom is 0.255 e. The van der Waals surface area contributed by atoms with E-state index in [2.05, 4.69) is 10.3 Å². The number of fused-ring (bicyclic) bond motifs is 1. The third kappa shape index (κ3) is 3.48. The minimum atomic E-state index is -0.583. The van der Waals surface area contributed by atoms with Crippen molar-refractivity contribution in [1.29, 1.82) is 0 Å². The number of amides is 2. The fraction of sp³-hybridized carbons (Fsp3) is 0.476. The summed E-state index contributed by atoms with van der Waals surface area (Å²) in [7, 11) is 0. The molecule has 7 heteroatoms. The van der Waals surface area contributed by atoms with Crippen molar-refractivity contribution in [3.63, 3.8) is 0 Å². The second-order valence-corrected chi connectivity index (χ2v) is 7.86. The van der Waals surface area contributed by atoms with Crippen LogP contribution in [0.1, 0.15) is 35.9 Å². The minimum absolute atomic E-state index is 0.111. The number of nitrogens with one attached hydrogen (secondary N) is 1. The lowest BCUT2D eigenvalue weighted by Crippen LogP contribution is -2.58. The van der Waals surface area contributed by atoms with Crippen molar-refractivity contribution in [2.45, 2.75) is 38.8 Å². The van der Waals surface area contributed by atoms with Gasteiger partial charge in [0.15, 0.2) is 0 Å². The van der Waals surface area contributed by atoms with Crippen LogP contribution in [-0.4, -0.2) is 51.5 Å². The summed E-state index contributed by atoms with van der Waals surface area (Å²) in [6, 6.07) is 7.29. The van der Waals surface area contributed by atoms with Gasteiger partial charge in [0.25, 0.3) is 5.91 Å². The quantitative estimate of drug-likeness (QED) is 0.881. The molecule has 1 spiro atoms. The van der Waals surface area contributed by atoms with Crippen LogP contribution in [0.3, 0.4) is 0 Å². The largest absolute Gasteiger partial charge is 0.483 e. The maximum absolute atomic E-state index is 13.1. The van der Waals surface area contributed by atoms with Crippen molar-refractivity contribution in [2.24, 2.45) is 5.92 Å². The summed E-state index contributed by atoms with van der Waals surface area (Å²) >= 11 is 0. The smallest absolute Gasteiger partial charge is 0.255 e. The number of ether oxygens (including phenoxy) is 1. The van der Waals surface area contributed by atoms with Gasteiger partial charge in [0.05, 0.1) is 24.6 Å². The topological polar surface area (TPSA) is 76.5 Å². The van der Waals surface area contributed by atoms with Crippen LogP contribution < -0.4 is 10.1 Å². The molecular formula is C21H26N4O3. The molecule has 28 heavy (non-hydrogen) atoms. The lowest BCUT2D eigenvalue weighted by atomic mass is 9.91. The highest BCUT2D eigenvalue weighted by atomic mass is 16.5. The van der Waals surface area contributed by atoms with Crippen molar-refractivity contribution in [1.82, 2.24) is 19.8 Å². The molecule has 2 unspecified atom stereocenters. The lowest BCUT2D eigenvalue weighted by molar-refractivity contribution is -0.141. The fourth-order valence-corrected chi connectivity index (χ4v) is 4.14. The molecule has 0 aliphatic carbocycles. The highest BCUT2D eigenvalue weighted by Crippen LogP contribution is 2.32. The van der Waals surface area contributed by atoms with Crippen molar-refractivity contribution < 1.29 is 14.3 Å². The number of aromatic nitrogens is 2. The molecule has 2 amide bonds. The SMILES string of the molecule is Cc1nccn1CC(C)C(=O)N1CCCC2(CNC(=O)c3ccccc3O2)C1. The van der Waals surface area contributed by atoms with Gasteiger partial charge < -0.3 is 19.5 Å². The maximum atomic E-state index is 13.1. The number of aryl methyl sites for hydroxylation is 1. The Balaban J connectivity index is 1.50. The van der Waals surface area contributed by atoms with Crippen molar-refractivity contribution in [2.75, 3.05) is 19.6 Å². The highest BCUT2D eigenvalue weighted by Gasteiger charge is 2.42. The van der Waals surface area contributed by atoms with Crippen LogP contribution in [0.2, 0.25) is 0 Å². The monoisotopic (exact) mass is 382 g/mol. The molecule has 2 atom stereocenters. The van der Waals surface area contributed by atoms with Crippen molar-refractivity contribution >= 4 is 11.8 Å². The number of hydrogen-bond acceptors (Lipinski definition) is 4. The number of para-hydroxylation sites is 1. The number of imidazole rings is 1. The van der Waals surface area contributed by atoms with Crippen LogP contribution in [0.25, 0.3) is 0 Å². The minimum Gasteiger partial charge on any atom is -0.483 e. The van der Waals surface area contributed by atoms with Gasteiger partial charge >= 0.3 is 0 Å². The molecule has 0 bridgehead atoms. The van der Waals surface area contributed by atoms with Crippen LogP contribution in [0.15, 0.2) is 36.7 Å². The van der Waals surface area contributed by atoms with E-state index in [0.29, 0.717) is 37.5 Å². The van der Waals surface area contributed by atoms with Crippen LogP contribution in [0.4, 0.5) is 0 Å². The molecule has 3 heterocycles. The number of hydrogen-bond donors (Lipinski definition) is 1. The first-order valence-electron chi connectivity index (χ1n) is 9.80. The van der Waals surface area contributed by atoms with Crippen molar-refractivity contribution in [3.8, 4) is 5.75 Å². The molecule has 1 N–H and O–H groups in total. The van der Waals surface area contributed by atoms with E-state index in [4.69, 9.17) is 4.74 Å². The van der Waals surface area contributed by atoms with E-state index < -0.39 is 5.60 Å². The van der Waals surface area contributed by atoms with Crippen molar-refractivity contribution in [3.05, 3.63) is 48.0 Å². The van der Waals surface area contributed by atoms with E-state index in [1.807, 2.05) is 47.7 Å². The zero-order chi connectivity index (χ0) is 19.7. The molecule has 0 radical (unpaired) electrons. The average molecular weight is 382 g/mol. The third-order valence-electron chi connectivity index (χ3n) is 5.70. The first kappa shape index (κ1) is 18.5. The highest BCUT2D eigenvalue weighted by molar-refractivity contribution is 5.97. The van der Waals surface area contributed by atoms with E-state index in [1.165, 1.54) is 0 Å². The normalized spacial score (nSPS) is 22.8. The number of benzene rings is 1. The molecule has 7 nitrogen and oxygen atoms in total. The van der Waals surface area contributed by atoms with Crippen LogP contribution in [0.5, 0.6) is 5.75 Å². The van der Waals surface area contributed by atoms with Gasteiger partial charge in [0.1, 0.15) is 17.2 Å². The molecule has 1 saturated heterocycles. The number of carbonyl (C=O) groups is 2. The van der Waals surface area contributed by atoms with Gasteiger partial charge in [-0.3, -0.25) is 9.59 Å². The van der Waals surface area contributed by atoms with Gasteiger partial charge in [0, 0.05) is 25.5 Å². The third-order valence-corrected chi connectivity index (χ3v) is 5.70. The first-order valence-corrected chi connectivity index (χ1v) is 9.80. The van der Waals surface area contributed by atoms with E-state index in [-0.39, 0.29) is 17.7 Å². The van der Waals surface area contributed by atoms with E-state index >= 15 is 0 Å². The average Bonchev–Trinajstić information content (AvgIpc) is 3.04. The summed E-state index contributed by atoms with van der Waals surface area (Å²) in [5.41, 5.74) is -0.0346. The Morgan fingerprint density at radius 2 is 2.21 bits per heavy atom. The Morgan fingerprint density at radius 3 is 3.00 bits per heavy atom. The number of nitrogens with zero attached hydrogens (tertiary/aromatic N) is 3. The van der Waals surface area contributed by atoms with E-state index in [1.54, 1.807) is 12.3 Å². The molecular weight excluding hydrogens is 356 g/mol. The molecule has 2 aromatic rings. The predicted octanol–water partition coefficient (Wildman–Crippen LogP) is 2.01. The molecule has 2 aliphatic rings. The second-order valence-electron chi connectivity index (χ2n) is 7.86. The van der Waals surface area contributed by atoms with Crippen LogP contribution >= 0.6 is 0 Å². The molecule has 2 aliphatic heterocycles. The predicted molar refractivity (Wildman–Crippen MR) is 104 cm³/mol. The molecule has 1 fully saturated rings. The second kappa shape index (κ2) is 7.30. The van der Waals surface area contributed by atoms with Gasteiger partial charge in [-0.15, -0.1) is 0 Å². The van der Waals surface area contributed by atoms with Gasteiger partial charge in [-0.1, -0.05) is 19.1 Å². The van der Waals surface area contributed by atoms with Crippen LogP contribution in [0, 0.1) is 12.8 Å². The summed E-state index contributed by atoms with van der Waals surface area (Å²) in [6.07, 6.45) is 5.31. The Morgan fingerprint density at radius 1 is 1.39 bits per heavy atom. The Kier molecular flexibility index (Phi) is 4.83. The first-order chi connectivity index (χ1) is 13.5. The Bertz CT molecular complexity index is 893. The summed E-state index contributed by atoms with van der Waals surface area (Å²) in [5, 5.41) is 2.98. The van der Waals surface area contributed by atoms with Gasteiger partial charge in [-0.2, -0.15) is 0 Å². The number of carbonyl (C=O) groups excluding carboxylic acids is 2. The zero-order valence-electron chi connectivity index (χ0n) is 16.4. The van der Waals surface area contributed by atoms with Gasteiger partial charge in [-0.05, 0) is 31.9 Å². The molecule has 4 rings (SSSR count). The number of piperidine rings is 1. The van der Waals surface area contributed by atoms with E-state index in [9.17, 15) is 9.59 Å².